The van der Waals surface area contributed by atoms with E-state index in [9.17, 15) is 13.2 Å². The molecule has 0 radical (unpaired) electrons. The normalized spacial score (nSPS) is 10.7. The van der Waals surface area contributed by atoms with Crippen LogP contribution in [0.5, 0.6) is 0 Å². The lowest BCUT2D eigenvalue weighted by Crippen LogP contribution is -2.12. The van der Waals surface area contributed by atoms with Crippen molar-refractivity contribution in [2.24, 2.45) is 0 Å². The molecule has 0 bridgehead atoms. The highest BCUT2D eigenvalue weighted by molar-refractivity contribution is 5.43. The first-order valence-corrected chi connectivity index (χ1v) is 5.55. The van der Waals surface area contributed by atoms with Crippen LogP contribution < -0.4 is 5.32 Å². The maximum atomic E-state index is 13.7. The number of ether oxygens (including phenoxy) is 1. The average molecular weight is 271 g/mol. The van der Waals surface area contributed by atoms with Crippen molar-refractivity contribution in [1.29, 1.82) is 0 Å². The van der Waals surface area contributed by atoms with Gasteiger partial charge in [-0.25, -0.2) is 18.2 Å². The number of hydrogen-bond acceptors (Lipinski definition) is 3. The Morgan fingerprint density at radius 3 is 2.79 bits per heavy atom. The highest BCUT2D eigenvalue weighted by Gasteiger charge is 2.16. The SMILES string of the molecule is COCCNc1nccn1-c1ccc(F)c(F)c1F. The van der Waals surface area contributed by atoms with Crippen molar-refractivity contribution in [3.05, 3.63) is 42.0 Å². The number of rotatable bonds is 5. The zero-order valence-electron chi connectivity index (χ0n) is 10.2. The maximum Gasteiger partial charge on any atom is 0.207 e. The van der Waals surface area contributed by atoms with Gasteiger partial charge in [0.25, 0.3) is 0 Å². The summed E-state index contributed by atoms with van der Waals surface area (Å²) >= 11 is 0. The van der Waals surface area contributed by atoms with Crippen molar-refractivity contribution in [3.8, 4) is 5.69 Å². The topological polar surface area (TPSA) is 39.1 Å². The van der Waals surface area contributed by atoms with Crippen LogP contribution in [0.1, 0.15) is 0 Å². The number of imidazole rings is 1. The summed E-state index contributed by atoms with van der Waals surface area (Å²) in [4.78, 5) is 3.97. The van der Waals surface area contributed by atoms with Gasteiger partial charge in [0, 0.05) is 26.0 Å². The number of methoxy groups -OCH3 is 1. The zero-order valence-corrected chi connectivity index (χ0v) is 10.2. The summed E-state index contributed by atoms with van der Waals surface area (Å²) in [5.41, 5.74) is -0.115. The van der Waals surface area contributed by atoms with Gasteiger partial charge in [0.1, 0.15) is 0 Å². The lowest BCUT2D eigenvalue weighted by atomic mass is 10.3. The minimum atomic E-state index is -1.51. The molecule has 0 fully saturated rings. The van der Waals surface area contributed by atoms with Gasteiger partial charge in [-0.1, -0.05) is 0 Å². The summed E-state index contributed by atoms with van der Waals surface area (Å²) in [6.45, 7) is 0.895. The monoisotopic (exact) mass is 271 g/mol. The molecule has 0 spiro atoms. The van der Waals surface area contributed by atoms with Gasteiger partial charge in [0.2, 0.25) is 5.95 Å². The van der Waals surface area contributed by atoms with E-state index in [0.29, 0.717) is 19.1 Å². The summed E-state index contributed by atoms with van der Waals surface area (Å²) < 4.78 is 45.9. The Hall–Kier alpha value is -2.02. The predicted octanol–water partition coefficient (Wildman–Crippen LogP) is 2.35. The third-order valence-corrected chi connectivity index (χ3v) is 2.50. The van der Waals surface area contributed by atoms with Crippen LogP contribution in [-0.4, -0.2) is 29.8 Å². The van der Waals surface area contributed by atoms with Gasteiger partial charge in [0.05, 0.1) is 12.3 Å². The molecule has 1 aromatic carbocycles. The summed E-state index contributed by atoms with van der Waals surface area (Å²) in [6.07, 6.45) is 2.88. The fourth-order valence-corrected chi connectivity index (χ4v) is 1.60. The molecule has 0 aliphatic rings. The lowest BCUT2D eigenvalue weighted by molar-refractivity contribution is 0.210. The average Bonchev–Trinajstić information content (AvgIpc) is 2.85. The Kier molecular flexibility index (Phi) is 4.06. The van der Waals surface area contributed by atoms with Gasteiger partial charge in [-0.3, -0.25) is 4.57 Å². The zero-order chi connectivity index (χ0) is 13.8. The Morgan fingerprint density at radius 2 is 2.05 bits per heavy atom. The van der Waals surface area contributed by atoms with Crippen LogP contribution >= 0.6 is 0 Å². The van der Waals surface area contributed by atoms with E-state index in [1.807, 2.05) is 0 Å². The van der Waals surface area contributed by atoms with Gasteiger partial charge < -0.3 is 10.1 Å². The molecule has 19 heavy (non-hydrogen) atoms. The smallest absolute Gasteiger partial charge is 0.207 e. The van der Waals surface area contributed by atoms with Crippen LogP contribution in [0.25, 0.3) is 5.69 Å². The maximum absolute atomic E-state index is 13.7. The molecule has 1 aromatic heterocycles. The molecule has 0 amide bonds. The molecule has 2 rings (SSSR count). The van der Waals surface area contributed by atoms with Crippen molar-refractivity contribution in [2.75, 3.05) is 25.6 Å². The number of aromatic nitrogens is 2. The van der Waals surface area contributed by atoms with Crippen LogP contribution in [0, 0.1) is 17.5 Å². The Balaban J connectivity index is 2.32. The molecule has 0 atom stereocenters. The van der Waals surface area contributed by atoms with Gasteiger partial charge in [0.15, 0.2) is 17.5 Å². The lowest BCUT2D eigenvalue weighted by Gasteiger charge is -2.10. The number of halogens is 3. The minimum Gasteiger partial charge on any atom is -0.383 e. The van der Waals surface area contributed by atoms with E-state index in [4.69, 9.17) is 4.74 Å². The van der Waals surface area contributed by atoms with E-state index in [1.165, 1.54) is 17.0 Å². The van der Waals surface area contributed by atoms with E-state index < -0.39 is 17.5 Å². The highest BCUT2D eigenvalue weighted by Crippen LogP contribution is 2.21. The molecule has 1 N–H and O–H groups in total. The third kappa shape index (κ3) is 2.70. The molecule has 0 unspecified atom stereocenters. The molecule has 2 aromatic rings. The third-order valence-electron chi connectivity index (χ3n) is 2.50. The van der Waals surface area contributed by atoms with Crippen LogP contribution in [0.3, 0.4) is 0 Å². The largest absolute Gasteiger partial charge is 0.383 e. The fourth-order valence-electron chi connectivity index (χ4n) is 1.60. The minimum absolute atomic E-state index is 0.115. The van der Waals surface area contributed by atoms with Gasteiger partial charge in [-0.15, -0.1) is 0 Å². The Bertz CT molecular complexity index is 571. The molecule has 7 heteroatoms. The molecule has 0 saturated carbocycles. The van der Waals surface area contributed by atoms with E-state index in [1.54, 1.807) is 7.11 Å². The Morgan fingerprint density at radius 1 is 1.26 bits per heavy atom. The van der Waals surface area contributed by atoms with Gasteiger partial charge in [-0.2, -0.15) is 0 Å². The molecule has 102 valence electrons. The second-order valence-corrected chi connectivity index (χ2v) is 3.73. The van der Waals surface area contributed by atoms with Crippen molar-refractivity contribution in [3.63, 3.8) is 0 Å². The van der Waals surface area contributed by atoms with E-state index in [0.717, 1.165) is 12.1 Å². The van der Waals surface area contributed by atoms with Gasteiger partial charge >= 0.3 is 0 Å². The summed E-state index contributed by atoms with van der Waals surface area (Å²) in [5, 5.41) is 2.90. The van der Waals surface area contributed by atoms with Gasteiger partial charge in [-0.05, 0) is 12.1 Å². The number of nitrogens with one attached hydrogen (secondary N) is 1. The number of anilines is 1. The quantitative estimate of drug-likeness (QED) is 0.670. The number of benzene rings is 1. The van der Waals surface area contributed by atoms with Crippen molar-refractivity contribution in [1.82, 2.24) is 9.55 Å². The molecular formula is C12H12F3N3O. The molecule has 0 aliphatic heterocycles. The van der Waals surface area contributed by atoms with E-state index in [-0.39, 0.29) is 5.69 Å². The molecule has 0 aliphatic carbocycles. The number of hydrogen-bond donors (Lipinski definition) is 1. The summed E-state index contributed by atoms with van der Waals surface area (Å²) in [5.74, 6) is -3.67. The molecule has 1 heterocycles. The first kappa shape index (κ1) is 13.4. The first-order chi connectivity index (χ1) is 9.15. The summed E-state index contributed by atoms with van der Waals surface area (Å²) in [7, 11) is 1.54. The van der Waals surface area contributed by atoms with Crippen molar-refractivity contribution in [2.45, 2.75) is 0 Å². The molecule has 0 saturated heterocycles. The Labute approximate surface area is 107 Å². The standard InChI is InChI=1S/C12H12F3N3O/c1-19-7-5-17-12-16-4-6-18(12)9-3-2-8(13)10(14)11(9)15/h2-4,6H,5,7H2,1H3,(H,16,17). The van der Waals surface area contributed by atoms with Crippen LogP contribution in [0.2, 0.25) is 0 Å². The van der Waals surface area contributed by atoms with E-state index in [2.05, 4.69) is 10.3 Å². The highest BCUT2D eigenvalue weighted by atomic mass is 19.2. The van der Waals surface area contributed by atoms with E-state index >= 15 is 0 Å². The number of nitrogens with zero attached hydrogens (tertiary/aromatic N) is 2. The van der Waals surface area contributed by atoms with Crippen LogP contribution in [0.15, 0.2) is 24.5 Å². The van der Waals surface area contributed by atoms with Crippen molar-refractivity contribution >= 4 is 5.95 Å². The van der Waals surface area contributed by atoms with Crippen molar-refractivity contribution < 1.29 is 17.9 Å². The molecular weight excluding hydrogens is 259 g/mol. The van der Waals surface area contributed by atoms with Crippen LogP contribution in [0.4, 0.5) is 19.1 Å². The molecule has 4 nitrogen and oxygen atoms in total. The summed E-state index contributed by atoms with van der Waals surface area (Å²) in [6, 6.07) is 2.02. The van der Waals surface area contributed by atoms with Crippen LogP contribution in [-0.2, 0) is 4.74 Å². The first-order valence-electron chi connectivity index (χ1n) is 5.55. The fraction of sp³-hybridized carbons (Fsp3) is 0.250. The predicted molar refractivity (Wildman–Crippen MR) is 63.8 cm³/mol. The second-order valence-electron chi connectivity index (χ2n) is 3.73. The second kappa shape index (κ2) is 5.75.